The molecule has 0 bridgehead atoms. The first-order valence-electron chi connectivity index (χ1n) is 12.8. The largest absolute Gasteiger partial charge is 0.462 e. The molecular weight excluding hydrogens is 540 g/mol. The number of esters is 1. The van der Waals surface area contributed by atoms with Crippen LogP contribution < -0.4 is 10.6 Å². The minimum atomic E-state index is -0.436. The molecule has 200 valence electrons. The Kier molecular flexibility index (Phi) is 9.88. The number of thioether (sulfide) groups is 1. The lowest BCUT2D eigenvalue weighted by Gasteiger charge is -2.14. The van der Waals surface area contributed by atoms with Crippen LogP contribution in [0.15, 0.2) is 53.4 Å². The van der Waals surface area contributed by atoms with Crippen molar-refractivity contribution in [2.75, 3.05) is 17.2 Å². The number of carbonyl (C=O) groups is 3. The van der Waals surface area contributed by atoms with Gasteiger partial charge in [0.15, 0.2) is 0 Å². The maximum atomic E-state index is 13.2. The molecule has 1 aromatic heterocycles. The first-order chi connectivity index (χ1) is 18.4. The van der Waals surface area contributed by atoms with E-state index in [-0.39, 0.29) is 24.4 Å². The minimum absolute atomic E-state index is 0.192. The summed E-state index contributed by atoms with van der Waals surface area (Å²) in [4.78, 5) is 40.7. The molecule has 1 unspecified atom stereocenters. The van der Waals surface area contributed by atoms with Crippen LogP contribution in [0.3, 0.4) is 0 Å². The van der Waals surface area contributed by atoms with Gasteiger partial charge in [-0.2, -0.15) is 0 Å². The van der Waals surface area contributed by atoms with Crippen molar-refractivity contribution in [3.63, 3.8) is 0 Å². The van der Waals surface area contributed by atoms with Gasteiger partial charge in [-0.1, -0.05) is 36.6 Å². The highest BCUT2D eigenvalue weighted by atomic mass is 35.5. The first-order valence-corrected chi connectivity index (χ1v) is 14.9. The van der Waals surface area contributed by atoms with E-state index in [1.165, 1.54) is 34.4 Å². The van der Waals surface area contributed by atoms with Crippen LogP contribution in [-0.2, 0) is 22.4 Å². The van der Waals surface area contributed by atoms with Gasteiger partial charge in [-0.3, -0.25) is 9.59 Å². The lowest BCUT2D eigenvalue weighted by atomic mass is 9.96. The Balaban J connectivity index is 1.46. The van der Waals surface area contributed by atoms with E-state index in [0.717, 1.165) is 42.6 Å². The molecule has 2 N–H and O–H groups in total. The molecule has 2 aromatic carbocycles. The van der Waals surface area contributed by atoms with Crippen molar-refractivity contribution in [3.05, 3.63) is 75.1 Å². The average molecular weight is 571 g/mol. The second-order valence-electron chi connectivity index (χ2n) is 9.08. The molecule has 38 heavy (non-hydrogen) atoms. The van der Waals surface area contributed by atoms with Gasteiger partial charge in [0.25, 0.3) is 5.91 Å². The predicted molar refractivity (Wildman–Crippen MR) is 156 cm³/mol. The molecule has 1 heterocycles. The molecule has 9 heteroatoms. The van der Waals surface area contributed by atoms with Crippen LogP contribution in [-0.4, -0.2) is 29.6 Å². The van der Waals surface area contributed by atoms with Crippen LogP contribution in [0.2, 0.25) is 5.02 Å². The number of hydrogen-bond donors (Lipinski definition) is 2. The van der Waals surface area contributed by atoms with Crippen molar-refractivity contribution < 1.29 is 19.1 Å². The van der Waals surface area contributed by atoms with E-state index in [0.29, 0.717) is 26.8 Å². The van der Waals surface area contributed by atoms with Crippen molar-refractivity contribution in [3.8, 4) is 0 Å². The smallest absolute Gasteiger partial charge is 0.341 e. The van der Waals surface area contributed by atoms with Gasteiger partial charge in [0.05, 0.1) is 17.4 Å². The summed E-state index contributed by atoms with van der Waals surface area (Å²) in [6.45, 7) is 3.90. The Morgan fingerprint density at radius 3 is 2.55 bits per heavy atom. The van der Waals surface area contributed by atoms with Crippen molar-refractivity contribution in [2.24, 2.45) is 0 Å². The molecule has 0 aliphatic heterocycles. The van der Waals surface area contributed by atoms with Crippen LogP contribution in [0.5, 0.6) is 0 Å². The Hall–Kier alpha value is -2.81. The maximum Gasteiger partial charge on any atom is 0.341 e. The quantitative estimate of drug-likeness (QED) is 0.215. The molecule has 0 radical (unpaired) electrons. The number of ether oxygens (including phenoxy) is 1. The molecule has 4 rings (SSSR count). The fraction of sp³-hybridized carbons (Fsp3) is 0.345. The van der Waals surface area contributed by atoms with Crippen LogP contribution in [0.25, 0.3) is 0 Å². The second kappa shape index (κ2) is 13.3. The summed E-state index contributed by atoms with van der Waals surface area (Å²) in [5.41, 5.74) is 2.64. The lowest BCUT2D eigenvalue weighted by Crippen LogP contribution is -2.23. The third-order valence-electron chi connectivity index (χ3n) is 6.25. The van der Waals surface area contributed by atoms with E-state index in [1.807, 2.05) is 25.1 Å². The highest BCUT2D eigenvalue weighted by Gasteiger charge is 2.27. The number of carbonyl (C=O) groups excluding carboxylic acids is 3. The summed E-state index contributed by atoms with van der Waals surface area (Å²) in [5.74, 6) is -0.826. The number of hydrogen-bond acceptors (Lipinski definition) is 6. The number of benzene rings is 2. The van der Waals surface area contributed by atoms with E-state index in [9.17, 15) is 14.4 Å². The number of thiophene rings is 1. The molecule has 2 amide bonds. The van der Waals surface area contributed by atoms with Crippen LogP contribution in [0.4, 0.5) is 10.7 Å². The Labute approximate surface area is 236 Å². The highest BCUT2D eigenvalue weighted by Crippen LogP contribution is 2.38. The summed E-state index contributed by atoms with van der Waals surface area (Å²) < 4.78 is 5.36. The normalized spacial score (nSPS) is 14.0. The van der Waals surface area contributed by atoms with Gasteiger partial charge in [-0.25, -0.2) is 4.79 Å². The van der Waals surface area contributed by atoms with E-state index in [2.05, 4.69) is 10.6 Å². The van der Waals surface area contributed by atoms with Crippen LogP contribution in [0, 0.1) is 0 Å². The number of halogens is 1. The van der Waals surface area contributed by atoms with Gasteiger partial charge >= 0.3 is 5.97 Å². The molecule has 0 spiro atoms. The number of fused-ring (bicyclic) bond motifs is 1. The van der Waals surface area contributed by atoms with Gasteiger partial charge in [0.1, 0.15) is 5.00 Å². The fourth-order valence-corrected chi connectivity index (χ4v) is 6.77. The standard InChI is InChI=1S/C29H31ClN2O4S2/c1-3-36-29(35)25-23-14-6-4-5-7-15-24(23)38-28(25)32-26(33)18(2)37-22-13-9-12-21(17-22)31-27(34)19-10-8-11-20(30)16-19/h8-13,16-18H,3-7,14-15H2,1-2H3,(H,31,34)(H,32,33). The Morgan fingerprint density at radius 2 is 1.79 bits per heavy atom. The van der Waals surface area contributed by atoms with Crippen LogP contribution in [0.1, 0.15) is 70.7 Å². The van der Waals surface area contributed by atoms with Crippen LogP contribution >= 0.6 is 34.7 Å². The van der Waals surface area contributed by atoms with E-state index in [4.69, 9.17) is 16.3 Å². The summed E-state index contributed by atoms with van der Waals surface area (Å²) in [5, 5.41) is 6.53. The summed E-state index contributed by atoms with van der Waals surface area (Å²) >= 11 is 8.88. The highest BCUT2D eigenvalue weighted by molar-refractivity contribution is 8.00. The zero-order valence-corrected chi connectivity index (χ0v) is 23.9. The van der Waals surface area contributed by atoms with Gasteiger partial charge < -0.3 is 15.4 Å². The monoisotopic (exact) mass is 570 g/mol. The van der Waals surface area contributed by atoms with Gasteiger partial charge in [-0.15, -0.1) is 23.1 Å². The van der Waals surface area contributed by atoms with Gasteiger partial charge in [0, 0.05) is 26.0 Å². The van der Waals surface area contributed by atoms with Crippen molar-refractivity contribution >= 4 is 63.2 Å². The molecule has 3 aromatic rings. The average Bonchev–Trinajstić information content (AvgIpc) is 3.20. The molecule has 1 aliphatic rings. The maximum absolute atomic E-state index is 13.2. The SMILES string of the molecule is CCOC(=O)c1c(NC(=O)C(C)Sc2cccc(NC(=O)c3cccc(Cl)c3)c2)sc2c1CCCCCC2. The molecule has 1 atom stereocenters. The zero-order valence-electron chi connectivity index (χ0n) is 21.5. The molecule has 0 saturated carbocycles. The zero-order chi connectivity index (χ0) is 27.1. The molecular formula is C29H31ClN2O4S2. The summed E-state index contributed by atoms with van der Waals surface area (Å²) in [7, 11) is 0. The van der Waals surface area contributed by atoms with Crippen molar-refractivity contribution in [1.29, 1.82) is 0 Å². The molecule has 0 fully saturated rings. The molecule has 0 saturated heterocycles. The number of rotatable bonds is 8. The lowest BCUT2D eigenvalue weighted by molar-refractivity contribution is -0.115. The van der Waals surface area contributed by atoms with Gasteiger partial charge in [0.2, 0.25) is 5.91 Å². The fourth-order valence-electron chi connectivity index (χ4n) is 4.38. The molecule has 1 aliphatic carbocycles. The number of anilines is 2. The van der Waals surface area contributed by atoms with E-state index in [1.54, 1.807) is 37.3 Å². The number of amides is 2. The van der Waals surface area contributed by atoms with E-state index < -0.39 is 5.25 Å². The van der Waals surface area contributed by atoms with Gasteiger partial charge in [-0.05, 0) is 81.5 Å². The summed E-state index contributed by atoms with van der Waals surface area (Å²) in [6, 6.07) is 14.1. The second-order valence-corrected chi connectivity index (χ2v) is 12.0. The topological polar surface area (TPSA) is 84.5 Å². The first kappa shape index (κ1) is 28.2. The predicted octanol–water partition coefficient (Wildman–Crippen LogP) is 7.61. The molecule has 6 nitrogen and oxygen atoms in total. The number of nitrogens with one attached hydrogen (secondary N) is 2. The third kappa shape index (κ3) is 7.18. The minimum Gasteiger partial charge on any atom is -0.462 e. The van der Waals surface area contributed by atoms with Crippen molar-refractivity contribution in [2.45, 2.75) is 62.5 Å². The third-order valence-corrected chi connectivity index (χ3v) is 8.78. The Bertz CT molecular complexity index is 1320. The van der Waals surface area contributed by atoms with E-state index >= 15 is 0 Å². The summed E-state index contributed by atoms with van der Waals surface area (Å²) in [6.07, 6.45) is 6.18. The number of aryl methyl sites for hydroxylation is 1. The Morgan fingerprint density at radius 1 is 1.03 bits per heavy atom. The van der Waals surface area contributed by atoms with Crippen molar-refractivity contribution in [1.82, 2.24) is 0 Å².